The number of aryl methyl sites for hydroxylation is 1. The second-order valence-electron chi connectivity index (χ2n) is 4.98. The van der Waals surface area contributed by atoms with Crippen molar-refractivity contribution in [3.63, 3.8) is 0 Å². The Morgan fingerprint density at radius 2 is 1.88 bits per heavy atom. The van der Waals surface area contributed by atoms with Crippen LogP contribution >= 0.6 is 0 Å². The summed E-state index contributed by atoms with van der Waals surface area (Å²) in [6.45, 7) is 3.03. The second kappa shape index (κ2) is 6.17. The van der Waals surface area contributed by atoms with Crippen LogP contribution in [0.4, 0.5) is 0 Å². The van der Waals surface area contributed by atoms with Crippen molar-refractivity contribution in [3.8, 4) is 0 Å². The molecule has 1 aliphatic rings. The molecule has 4 nitrogen and oxygen atoms in total. The van der Waals surface area contributed by atoms with Crippen molar-refractivity contribution < 1.29 is 0 Å². The van der Waals surface area contributed by atoms with Crippen LogP contribution in [0.2, 0.25) is 0 Å². The SMILES string of the molecule is Cn1cncc1C(CN)N1CCCCCCC1. The Kier molecular flexibility index (Phi) is 4.57. The van der Waals surface area contributed by atoms with Gasteiger partial charge in [-0.3, -0.25) is 4.90 Å². The molecule has 0 aromatic carbocycles. The van der Waals surface area contributed by atoms with Crippen molar-refractivity contribution in [1.82, 2.24) is 14.5 Å². The molecule has 4 heteroatoms. The molecule has 1 fully saturated rings. The second-order valence-corrected chi connectivity index (χ2v) is 4.98. The molecular formula is C13H24N4. The average Bonchev–Trinajstić information content (AvgIpc) is 2.69. The van der Waals surface area contributed by atoms with Crippen LogP contribution in [0.5, 0.6) is 0 Å². The summed E-state index contributed by atoms with van der Waals surface area (Å²) in [6, 6.07) is 0.334. The standard InChI is InChI=1S/C13H24N4/c1-16-11-15-10-13(16)12(9-14)17-7-5-3-2-4-6-8-17/h10-12H,2-9,14H2,1H3. The van der Waals surface area contributed by atoms with Crippen LogP contribution in [0, 0.1) is 0 Å². The number of likely N-dealkylation sites (tertiary alicyclic amines) is 1. The number of aromatic nitrogens is 2. The van der Waals surface area contributed by atoms with E-state index in [1.165, 1.54) is 50.9 Å². The monoisotopic (exact) mass is 236 g/mol. The van der Waals surface area contributed by atoms with E-state index < -0.39 is 0 Å². The predicted molar refractivity (Wildman–Crippen MR) is 69.7 cm³/mol. The van der Waals surface area contributed by atoms with Gasteiger partial charge in [0.15, 0.2) is 0 Å². The molecular weight excluding hydrogens is 212 g/mol. The maximum atomic E-state index is 5.97. The molecule has 1 aliphatic heterocycles. The molecule has 2 rings (SSSR count). The lowest BCUT2D eigenvalue weighted by atomic mass is 10.1. The van der Waals surface area contributed by atoms with Crippen molar-refractivity contribution in [2.24, 2.45) is 12.8 Å². The van der Waals surface area contributed by atoms with Gasteiger partial charge >= 0.3 is 0 Å². The number of nitrogens with two attached hydrogens (primary N) is 1. The summed E-state index contributed by atoms with van der Waals surface area (Å²) in [5.74, 6) is 0. The Hall–Kier alpha value is -0.870. The molecule has 0 spiro atoms. The van der Waals surface area contributed by atoms with Gasteiger partial charge in [-0.2, -0.15) is 0 Å². The minimum Gasteiger partial charge on any atom is -0.336 e. The zero-order chi connectivity index (χ0) is 12.1. The Morgan fingerprint density at radius 1 is 1.24 bits per heavy atom. The van der Waals surface area contributed by atoms with E-state index in [-0.39, 0.29) is 0 Å². The maximum absolute atomic E-state index is 5.97. The van der Waals surface area contributed by atoms with Gasteiger partial charge in [0.2, 0.25) is 0 Å². The van der Waals surface area contributed by atoms with E-state index in [0.29, 0.717) is 12.6 Å². The van der Waals surface area contributed by atoms with Crippen LogP contribution in [0.1, 0.15) is 43.8 Å². The van der Waals surface area contributed by atoms with E-state index in [9.17, 15) is 0 Å². The lowest BCUT2D eigenvalue weighted by Gasteiger charge is -2.32. The number of hydrogen-bond donors (Lipinski definition) is 1. The van der Waals surface area contributed by atoms with Gasteiger partial charge in [0, 0.05) is 19.8 Å². The van der Waals surface area contributed by atoms with Gasteiger partial charge in [-0.1, -0.05) is 19.3 Å². The molecule has 96 valence electrons. The van der Waals surface area contributed by atoms with E-state index in [4.69, 9.17) is 5.73 Å². The topological polar surface area (TPSA) is 47.1 Å². The fourth-order valence-corrected chi connectivity index (χ4v) is 2.73. The Balaban J connectivity index is 2.08. The van der Waals surface area contributed by atoms with Gasteiger partial charge in [-0.05, 0) is 25.9 Å². The zero-order valence-corrected chi connectivity index (χ0v) is 10.8. The minimum absolute atomic E-state index is 0.334. The first kappa shape index (κ1) is 12.6. The predicted octanol–water partition coefficient (Wildman–Crippen LogP) is 1.69. The highest BCUT2D eigenvalue weighted by Gasteiger charge is 2.21. The molecule has 0 bridgehead atoms. The average molecular weight is 236 g/mol. The van der Waals surface area contributed by atoms with E-state index in [0.717, 1.165) is 0 Å². The normalized spacial score (nSPS) is 20.8. The van der Waals surface area contributed by atoms with Gasteiger partial charge in [0.1, 0.15) is 0 Å². The summed E-state index contributed by atoms with van der Waals surface area (Å²) in [4.78, 5) is 6.75. The molecule has 2 heterocycles. The molecule has 0 saturated carbocycles. The summed E-state index contributed by atoms with van der Waals surface area (Å²) in [6.07, 6.45) is 10.5. The van der Waals surface area contributed by atoms with E-state index in [2.05, 4.69) is 21.5 Å². The number of rotatable bonds is 3. The largest absolute Gasteiger partial charge is 0.336 e. The molecule has 2 N–H and O–H groups in total. The Morgan fingerprint density at radius 3 is 2.41 bits per heavy atom. The molecule has 1 saturated heterocycles. The maximum Gasteiger partial charge on any atom is 0.0946 e. The van der Waals surface area contributed by atoms with E-state index >= 15 is 0 Å². The third-order valence-electron chi connectivity index (χ3n) is 3.75. The van der Waals surface area contributed by atoms with Crippen molar-refractivity contribution in [2.45, 2.75) is 38.1 Å². The lowest BCUT2D eigenvalue weighted by molar-refractivity contribution is 0.178. The zero-order valence-electron chi connectivity index (χ0n) is 10.8. The van der Waals surface area contributed by atoms with Gasteiger partial charge in [-0.15, -0.1) is 0 Å². The highest BCUT2D eigenvalue weighted by atomic mass is 15.2. The molecule has 1 unspecified atom stereocenters. The first-order valence-corrected chi connectivity index (χ1v) is 6.73. The minimum atomic E-state index is 0.334. The molecule has 1 aromatic rings. The fourth-order valence-electron chi connectivity index (χ4n) is 2.73. The molecule has 0 aliphatic carbocycles. The molecule has 1 atom stereocenters. The van der Waals surface area contributed by atoms with Crippen LogP contribution in [-0.2, 0) is 7.05 Å². The van der Waals surface area contributed by atoms with Crippen molar-refractivity contribution in [1.29, 1.82) is 0 Å². The summed E-state index contributed by atoms with van der Waals surface area (Å²) in [5.41, 5.74) is 7.21. The number of imidazole rings is 1. The first-order chi connectivity index (χ1) is 8.33. The lowest BCUT2D eigenvalue weighted by Crippen LogP contribution is -2.37. The highest BCUT2D eigenvalue weighted by Crippen LogP contribution is 2.22. The van der Waals surface area contributed by atoms with Crippen LogP contribution < -0.4 is 5.73 Å². The quantitative estimate of drug-likeness (QED) is 0.868. The van der Waals surface area contributed by atoms with Crippen LogP contribution in [0.25, 0.3) is 0 Å². The number of hydrogen-bond acceptors (Lipinski definition) is 3. The van der Waals surface area contributed by atoms with E-state index in [1.54, 1.807) is 0 Å². The van der Waals surface area contributed by atoms with Gasteiger partial charge in [-0.25, -0.2) is 4.98 Å². The summed E-state index contributed by atoms with van der Waals surface area (Å²) < 4.78 is 2.09. The molecule has 0 amide bonds. The fraction of sp³-hybridized carbons (Fsp3) is 0.769. The summed E-state index contributed by atoms with van der Waals surface area (Å²) in [7, 11) is 2.05. The molecule has 1 aromatic heterocycles. The van der Waals surface area contributed by atoms with Crippen molar-refractivity contribution in [2.75, 3.05) is 19.6 Å². The van der Waals surface area contributed by atoms with Gasteiger partial charge in [0.05, 0.1) is 18.1 Å². The van der Waals surface area contributed by atoms with Crippen molar-refractivity contribution in [3.05, 3.63) is 18.2 Å². The van der Waals surface area contributed by atoms with Gasteiger partial charge < -0.3 is 10.3 Å². The Bertz CT molecular complexity index is 326. The molecule has 0 radical (unpaired) electrons. The highest BCUT2D eigenvalue weighted by molar-refractivity contribution is 5.06. The van der Waals surface area contributed by atoms with Gasteiger partial charge in [0.25, 0.3) is 0 Å². The summed E-state index contributed by atoms with van der Waals surface area (Å²) in [5, 5.41) is 0. The van der Waals surface area contributed by atoms with Crippen molar-refractivity contribution >= 4 is 0 Å². The first-order valence-electron chi connectivity index (χ1n) is 6.73. The van der Waals surface area contributed by atoms with E-state index in [1.807, 2.05) is 12.5 Å². The Labute approximate surface area is 104 Å². The van der Waals surface area contributed by atoms with Crippen LogP contribution in [0.15, 0.2) is 12.5 Å². The van der Waals surface area contributed by atoms with Crippen LogP contribution in [0.3, 0.4) is 0 Å². The third kappa shape index (κ3) is 3.07. The molecule has 17 heavy (non-hydrogen) atoms. The smallest absolute Gasteiger partial charge is 0.0946 e. The third-order valence-corrected chi connectivity index (χ3v) is 3.75. The van der Waals surface area contributed by atoms with Crippen LogP contribution in [-0.4, -0.2) is 34.1 Å². The number of nitrogens with zero attached hydrogens (tertiary/aromatic N) is 3. The summed E-state index contributed by atoms with van der Waals surface area (Å²) >= 11 is 0.